The Bertz CT molecular complexity index is 379. The van der Waals surface area contributed by atoms with E-state index in [9.17, 15) is 4.79 Å². The summed E-state index contributed by atoms with van der Waals surface area (Å²) in [6.07, 6.45) is 1.55. The first kappa shape index (κ1) is 11.6. The van der Waals surface area contributed by atoms with E-state index >= 15 is 0 Å². The highest BCUT2D eigenvalue weighted by Crippen LogP contribution is 2.27. The van der Waals surface area contributed by atoms with Crippen LogP contribution in [-0.4, -0.2) is 13.2 Å². The van der Waals surface area contributed by atoms with Gasteiger partial charge in [0.1, 0.15) is 0 Å². The van der Waals surface area contributed by atoms with Crippen molar-refractivity contribution in [3.8, 4) is 0 Å². The predicted octanol–water partition coefficient (Wildman–Crippen LogP) is 2.40. The normalized spacial score (nSPS) is 10.9. The third-order valence-corrected chi connectivity index (χ3v) is 2.49. The lowest BCUT2D eigenvalue weighted by atomic mass is 9.93. The maximum absolute atomic E-state index is 10.1. The standard InChI is InChI=1S/C12H15NO2/c1-12(2,15-3)11-7-5-4-6-10(11)8-13-9-14/h4-7H,8H2,1-3H3. The lowest BCUT2D eigenvalue weighted by Crippen LogP contribution is -2.21. The van der Waals surface area contributed by atoms with Gasteiger partial charge < -0.3 is 4.74 Å². The summed E-state index contributed by atoms with van der Waals surface area (Å²) >= 11 is 0. The number of carbonyl (C=O) groups excluding carboxylic acids is 1. The molecule has 0 saturated heterocycles. The van der Waals surface area contributed by atoms with E-state index in [-0.39, 0.29) is 5.60 Å². The summed E-state index contributed by atoms with van der Waals surface area (Å²) in [7, 11) is 1.67. The average Bonchev–Trinajstić information content (AvgIpc) is 2.26. The lowest BCUT2D eigenvalue weighted by Gasteiger charge is -2.25. The predicted molar refractivity (Wildman–Crippen MR) is 58.3 cm³/mol. The number of hydrogen-bond donors (Lipinski definition) is 0. The monoisotopic (exact) mass is 205 g/mol. The SMILES string of the molecule is COC(C)(C)c1ccccc1CN=C=O. The zero-order valence-electron chi connectivity index (χ0n) is 9.28. The molecule has 0 aliphatic heterocycles. The fraction of sp³-hybridized carbons (Fsp3) is 0.417. The molecule has 0 aliphatic carbocycles. The highest BCUT2D eigenvalue weighted by Gasteiger charge is 2.21. The van der Waals surface area contributed by atoms with Crippen molar-refractivity contribution in [3.63, 3.8) is 0 Å². The summed E-state index contributed by atoms with van der Waals surface area (Å²) in [4.78, 5) is 13.7. The van der Waals surface area contributed by atoms with E-state index in [0.29, 0.717) is 6.54 Å². The summed E-state index contributed by atoms with van der Waals surface area (Å²) in [6, 6.07) is 7.80. The molecule has 0 aromatic heterocycles. The Labute approximate surface area is 89.8 Å². The number of hydrogen-bond acceptors (Lipinski definition) is 3. The summed E-state index contributed by atoms with van der Waals surface area (Å²) in [5.74, 6) is 0. The van der Waals surface area contributed by atoms with Crippen LogP contribution in [0.1, 0.15) is 25.0 Å². The van der Waals surface area contributed by atoms with Crippen molar-refractivity contribution in [2.75, 3.05) is 7.11 Å². The highest BCUT2D eigenvalue weighted by molar-refractivity contribution is 5.36. The Kier molecular flexibility index (Phi) is 3.78. The second-order valence-electron chi connectivity index (χ2n) is 3.78. The zero-order valence-corrected chi connectivity index (χ0v) is 9.28. The Hall–Kier alpha value is -1.44. The van der Waals surface area contributed by atoms with Gasteiger partial charge in [-0.1, -0.05) is 24.3 Å². The topological polar surface area (TPSA) is 38.7 Å². The Morgan fingerprint density at radius 3 is 2.67 bits per heavy atom. The van der Waals surface area contributed by atoms with E-state index in [2.05, 4.69) is 4.99 Å². The van der Waals surface area contributed by atoms with Crippen LogP contribution >= 0.6 is 0 Å². The second-order valence-corrected chi connectivity index (χ2v) is 3.78. The van der Waals surface area contributed by atoms with Crippen molar-refractivity contribution in [1.29, 1.82) is 0 Å². The third kappa shape index (κ3) is 2.75. The third-order valence-electron chi connectivity index (χ3n) is 2.49. The van der Waals surface area contributed by atoms with Crippen LogP contribution in [0.3, 0.4) is 0 Å². The van der Waals surface area contributed by atoms with Crippen molar-refractivity contribution in [2.24, 2.45) is 4.99 Å². The van der Waals surface area contributed by atoms with Gasteiger partial charge in [-0.2, -0.15) is 0 Å². The number of rotatable bonds is 4. The van der Waals surface area contributed by atoms with Gasteiger partial charge in [0.25, 0.3) is 0 Å². The molecule has 1 aromatic rings. The van der Waals surface area contributed by atoms with Gasteiger partial charge in [0, 0.05) is 7.11 Å². The van der Waals surface area contributed by atoms with E-state index in [1.807, 2.05) is 38.1 Å². The average molecular weight is 205 g/mol. The van der Waals surface area contributed by atoms with Crippen molar-refractivity contribution >= 4 is 6.08 Å². The molecule has 80 valence electrons. The fourth-order valence-corrected chi connectivity index (χ4v) is 1.47. The van der Waals surface area contributed by atoms with Crippen molar-refractivity contribution in [2.45, 2.75) is 26.0 Å². The maximum Gasteiger partial charge on any atom is 0.235 e. The van der Waals surface area contributed by atoms with Crippen LogP contribution in [0.2, 0.25) is 0 Å². The van der Waals surface area contributed by atoms with E-state index in [0.717, 1.165) is 11.1 Å². The van der Waals surface area contributed by atoms with Crippen molar-refractivity contribution in [1.82, 2.24) is 0 Å². The minimum Gasteiger partial charge on any atom is -0.374 e. The molecule has 0 unspecified atom stereocenters. The molecule has 0 amide bonds. The largest absolute Gasteiger partial charge is 0.374 e. The Morgan fingerprint density at radius 1 is 1.40 bits per heavy atom. The van der Waals surface area contributed by atoms with Crippen LogP contribution in [0.5, 0.6) is 0 Å². The summed E-state index contributed by atoms with van der Waals surface area (Å²) in [5.41, 5.74) is 1.67. The number of aliphatic imine (C=N–C) groups is 1. The molecule has 0 fully saturated rings. The van der Waals surface area contributed by atoms with Gasteiger partial charge in [-0.3, -0.25) is 0 Å². The van der Waals surface area contributed by atoms with E-state index in [4.69, 9.17) is 4.74 Å². The van der Waals surface area contributed by atoms with Gasteiger partial charge in [0.15, 0.2) is 0 Å². The maximum atomic E-state index is 10.1. The zero-order chi connectivity index (χ0) is 11.3. The van der Waals surface area contributed by atoms with Crippen LogP contribution in [-0.2, 0) is 21.7 Å². The lowest BCUT2D eigenvalue weighted by molar-refractivity contribution is 0.0185. The van der Waals surface area contributed by atoms with Crippen LogP contribution < -0.4 is 0 Å². The molecule has 3 nitrogen and oxygen atoms in total. The van der Waals surface area contributed by atoms with E-state index < -0.39 is 0 Å². The van der Waals surface area contributed by atoms with E-state index in [1.165, 1.54) is 0 Å². The first-order valence-electron chi connectivity index (χ1n) is 4.79. The number of methoxy groups -OCH3 is 1. The molecular weight excluding hydrogens is 190 g/mol. The van der Waals surface area contributed by atoms with Crippen LogP contribution in [0.15, 0.2) is 29.3 Å². The number of nitrogens with zero attached hydrogens (tertiary/aromatic N) is 1. The minimum atomic E-state index is -0.366. The Morgan fingerprint density at radius 2 is 2.07 bits per heavy atom. The van der Waals surface area contributed by atoms with Gasteiger partial charge >= 0.3 is 0 Å². The van der Waals surface area contributed by atoms with Gasteiger partial charge in [-0.15, -0.1) is 0 Å². The molecule has 0 spiro atoms. The molecule has 0 atom stereocenters. The fourth-order valence-electron chi connectivity index (χ4n) is 1.47. The first-order valence-corrected chi connectivity index (χ1v) is 4.79. The highest BCUT2D eigenvalue weighted by atomic mass is 16.5. The molecule has 0 N–H and O–H groups in total. The smallest absolute Gasteiger partial charge is 0.235 e. The molecule has 0 saturated carbocycles. The number of benzene rings is 1. The van der Waals surface area contributed by atoms with Crippen LogP contribution in [0, 0.1) is 0 Å². The molecule has 0 bridgehead atoms. The Balaban J connectivity index is 3.11. The van der Waals surface area contributed by atoms with Gasteiger partial charge in [0.2, 0.25) is 6.08 Å². The van der Waals surface area contributed by atoms with Gasteiger partial charge in [-0.25, -0.2) is 9.79 Å². The molecule has 3 heteroatoms. The molecule has 0 aliphatic rings. The number of isocyanates is 1. The molecule has 1 rings (SSSR count). The second kappa shape index (κ2) is 4.87. The molecule has 0 heterocycles. The first-order chi connectivity index (χ1) is 7.11. The van der Waals surface area contributed by atoms with Crippen molar-refractivity contribution in [3.05, 3.63) is 35.4 Å². The van der Waals surface area contributed by atoms with Crippen molar-refractivity contribution < 1.29 is 9.53 Å². The minimum absolute atomic E-state index is 0.354. The molecule has 0 radical (unpaired) electrons. The van der Waals surface area contributed by atoms with Crippen LogP contribution in [0.4, 0.5) is 0 Å². The summed E-state index contributed by atoms with van der Waals surface area (Å²) in [5, 5.41) is 0. The van der Waals surface area contributed by atoms with Gasteiger partial charge in [-0.05, 0) is 25.0 Å². The van der Waals surface area contributed by atoms with Crippen LogP contribution in [0.25, 0.3) is 0 Å². The number of ether oxygens (including phenoxy) is 1. The summed E-state index contributed by atoms with van der Waals surface area (Å²) < 4.78 is 5.40. The van der Waals surface area contributed by atoms with Gasteiger partial charge in [0.05, 0.1) is 12.1 Å². The van der Waals surface area contributed by atoms with E-state index in [1.54, 1.807) is 13.2 Å². The quantitative estimate of drug-likeness (QED) is 0.559. The molecular formula is C12H15NO2. The molecule has 15 heavy (non-hydrogen) atoms. The summed E-state index contributed by atoms with van der Waals surface area (Å²) in [6.45, 7) is 4.32. The molecule has 1 aromatic carbocycles.